The molecule has 1 aliphatic rings. The van der Waals surface area contributed by atoms with E-state index in [0.717, 1.165) is 0 Å². The van der Waals surface area contributed by atoms with E-state index >= 15 is 0 Å². The van der Waals surface area contributed by atoms with Crippen LogP contribution in [0.15, 0.2) is 12.4 Å². The summed E-state index contributed by atoms with van der Waals surface area (Å²) in [6.07, 6.45) is -15.9. The average Bonchev–Trinajstić information content (AvgIpc) is 2.54. The summed E-state index contributed by atoms with van der Waals surface area (Å²) in [7, 11) is 0. The highest BCUT2D eigenvalue weighted by Gasteiger charge is 2.86. The van der Waals surface area contributed by atoms with Crippen molar-refractivity contribution in [1.82, 2.24) is 0 Å². The quantitative estimate of drug-likeness (QED) is 0.288. The number of hydrogen-bond acceptors (Lipinski definition) is 0. The second-order valence-electron chi connectivity index (χ2n) is 7.38. The average molecular weight is 496 g/mol. The Morgan fingerprint density at radius 1 is 0.839 bits per heavy atom. The predicted octanol–water partition coefficient (Wildman–Crippen LogP) is 7.10. The molecular weight excluding hydrogens is 484 g/mol. The molecular formula is C15H12F16. The molecule has 1 saturated carbocycles. The molecule has 0 aliphatic heterocycles. The minimum Gasteiger partial charge on any atom is -0.240 e. The van der Waals surface area contributed by atoms with Crippen molar-refractivity contribution in [2.45, 2.75) is 73.3 Å². The molecule has 1 rings (SSSR count). The zero-order valence-corrected chi connectivity index (χ0v) is 15.1. The molecule has 5 atom stereocenters. The molecule has 16 heteroatoms. The van der Waals surface area contributed by atoms with Crippen molar-refractivity contribution in [1.29, 1.82) is 0 Å². The van der Waals surface area contributed by atoms with Crippen molar-refractivity contribution >= 4 is 0 Å². The zero-order valence-electron chi connectivity index (χ0n) is 15.1. The van der Waals surface area contributed by atoms with Crippen LogP contribution >= 0.6 is 0 Å². The van der Waals surface area contributed by atoms with Crippen LogP contribution in [-0.2, 0) is 0 Å². The van der Waals surface area contributed by atoms with Crippen molar-refractivity contribution < 1.29 is 70.2 Å². The van der Waals surface area contributed by atoms with E-state index in [9.17, 15) is 70.2 Å². The second kappa shape index (κ2) is 6.81. The lowest BCUT2D eigenvalue weighted by Crippen LogP contribution is -2.69. The molecule has 0 N–H and O–H groups in total. The molecule has 0 aromatic carbocycles. The Kier molecular flexibility index (Phi) is 6.08. The van der Waals surface area contributed by atoms with Gasteiger partial charge in [0.15, 0.2) is 17.5 Å². The van der Waals surface area contributed by atoms with Crippen LogP contribution in [0.25, 0.3) is 0 Å². The van der Waals surface area contributed by atoms with Crippen LogP contribution < -0.4 is 0 Å². The van der Waals surface area contributed by atoms with Gasteiger partial charge in [-0.3, -0.25) is 0 Å². The number of allylic oxidation sites excluding steroid dienone is 1. The van der Waals surface area contributed by atoms with Crippen molar-refractivity contribution in [2.24, 2.45) is 5.92 Å². The van der Waals surface area contributed by atoms with Crippen LogP contribution in [0, 0.1) is 5.92 Å². The monoisotopic (exact) mass is 496 g/mol. The summed E-state index contributed by atoms with van der Waals surface area (Å²) in [6, 6.07) is 0. The third-order valence-corrected chi connectivity index (χ3v) is 5.26. The maximum absolute atomic E-state index is 14.9. The fraction of sp³-hybridized carbons (Fsp3) is 0.867. The van der Waals surface area contributed by atoms with E-state index in [2.05, 4.69) is 0 Å². The number of halogens is 16. The van der Waals surface area contributed by atoms with Crippen LogP contribution in [0.2, 0.25) is 0 Å². The molecule has 31 heavy (non-hydrogen) atoms. The standard InChI is InChI=1S/C15H12F16/c1-5(16)10(20)4-11(21,22)14(27,28)12(23,24)7(17)6(10)8(2,18)13(25,26)9(3,19)15(29,30)31/h6-7H,1,4H2,2-3H3. The number of alkyl halides is 15. The molecule has 5 unspecified atom stereocenters. The zero-order chi connectivity index (χ0) is 25.4. The fourth-order valence-electron chi connectivity index (χ4n) is 3.20. The summed E-state index contributed by atoms with van der Waals surface area (Å²) in [6.45, 7) is -0.250. The fourth-order valence-corrected chi connectivity index (χ4v) is 3.20. The van der Waals surface area contributed by atoms with Gasteiger partial charge in [-0.2, -0.15) is 48.3 Å². The van der Waals surface area contributed by atoms with Gasteiger partial charge in [0.05, 0.1) is 12.3 Å². The summed E-state index contributed by atoms with van der Waals surface area (Å²) in [4.78, 5) is 0. The van der Waals surface area contributed by atoms with Gasteiger partial charge in [0.25, 0.3) is 5.67 Å². The maximum Gasteiger partial charge on any atom is 0.428 e. The van der Waals surface area contributed by atoms with Gasteiger partial charge in [0.2, 0.25) is 0 Å². The van der Waals surface area contributed by atoms with Gasteiger partial charge in [-0.05, 0) is 13.8 Å². The first-order valence-corrected chi connectivity index (χ1v) is 7.81. The first kappa shape index (κ1) is 27.7. The smallest absolute Gasteiger partial charge is 0.240 e. The van der Waals surface area contributed by atoms with Crippen LogP contribution in [0.1, 0.15) is 20.3 Å². The van der Waals surface area contributed by atoms with Crippen LogP contribution in [-0.4, -0.2) is 53.0 Å². The van der Waals surface area contributed by atoms with Gasteiger partial charge in [-0.1, -0.05) is 6.58 Å². The van der Waals surface area contributed by atoms with Gasteiger partial charge < -0.3 is 0 Å². The molecule has 0 saturated heterocycles. The highest BCUT2D eigenvalue weighted by Crippen LogP contribution is 2.65. The Bertz CT molecular complexity index is 717. The molecule has 0 bridgehead atoms. The van der Waals surface area contributed by atoms with Crippen molar-refractivity contribution in [3.63, 3.8) is 0 Å². The van der Waals surface area contributed by atoms with Gasteiger partial charge in [-0.15, -0.1) is 0 Å². The van der Waals surface area contributed by atoms with Gasteiger partial charge in [-0.25, -0.2) is 22.0 Å². The summed E-state index contributed by atoms with van der Waals surface area (Å²) >= 11 is 0. The first-order chi connectivity index (χ1) is 13.2. The Labute approximate surface area is 163 Å². The second-order valence-corrected chi connectivity index (χ2v) is 7.38. The molecule has 184 valence electrons. The van der Waals surface area contributed by atoms with Crippen molar-refractivity contribution in [3.05, 3.63) is 12.4 Å². The van der Waals surface area contributed by atoms with E-state index in [4.69, 9.17) is 0 Å². The molecule has 1 fully saturated rings. The third-order valence-electron chi connectivity index (χ3n) is 5.26. The third kappa shape index (κ3) is 3.37. The van der Waals surface area contributed by atoms with Crippen LogP contribution in [0.4, 0.5) is 70.2 Å². The lowest BCUT2D eigenvalue weighted by molar-refractivity contribution is -0.345. The molecule has 0 nitrogen and oxygen atoms in total. The van der Waals surface area contributed by atoms with E-state index in [1.165, 1.54) is 0 Å². The summed E-state index contributed by atoms with van der Waals surface area (Å²) in [5, 5.41) is 0. The highest BCUT2D eigenvalue weighted by atomic mass is 19.4. The molecule has 1 aliphatic carbocycles. The summed E-state index contributed by atoms with van der Waals surface area (Å²) < 4.78 is 220. The molecule has 0 spiro atoms. The largest absolute Gasteiger partial charge is 0.428 e. The molecule has 0 radical (unpaired) electrons. The molecule has 0 amide bonds. The highest BCUT2D eigenvalue weighted by molar-refractivity contribution is 5.26. The molecule has 0 heterocycles. The van der Waals surface area contributed by atoms with E-state index in [1.807, 2.05) is 6.58 Å². The lowest BCUT2D eigenvalue weighted by atomic mass is 9.67. The Morgan fingerprint density at radius 3 is 1.55 bits per heavy atom. The SMILES string of the molecule is C=C(F)C1(F)CC(F)(F)C(F)(F)C(F)(F)C(F)C1C(C)(F)C(F)(F)C(C)(F)C(F)(F)F. The first-order valence-electron chi connectivity index (χ1n) is 7.81. The number of rotatable bonds is 4. The van der Waals surface area contributed by atoms with Gasteiger partial charge in [0, 0.05) is 0 Å². The topological polar surface area (TPSA) is 0 Å². The van der Waals surface area contributed by atoms with Crippen molar-refractivity contribution in [3.8, 4) is 0 Å². The van der Waals surface area contributed by atoms with E-state index in [1.54, 1.807) is 0 Å². The minimum absolute atomic E-state index is 1.04. The predicted molar refractivity (Wildman–Crippen MR) is 72.0 cm³/mol. The number of hydrogen-bond donors (Lipinski definition) is 0. The van der Waals surface area contributed by atoms with E-state index in [0.29, 0.717) is 0 Å². The van der Waals surface area contributed by atoms with E-state index in [-0.39, 0.29) is 0 Å². The van der Waals surface area contributed by atoms with Crippen molar-refractivity contribution in [2.75, 3.05) is 0 Å². The summed E-state index contributed by atoms with van der Waals surface area (Å²) in [5.74, 6) is -35.4. The van der Waals surface area contributed by atoms with Crippen LogP contribution in [0.3, 0.4) is 0 Å². The molecule has 0 aromatic heterocycles. The van der Waals surface area contributed by atoms with E-state index < -0.39 is 85.1 Å². The molecule has 0 aromatic rings. The Morgan fingerprint density at radius 2 is 1.23 bits per heavy atom. The Hall–Kier alpha value is -1.38. The van der Waals surface area contributed by atoms with Crippen LogP contribution in [0.5, 0.6) is 0 Å². The van der Waals surface area contributed by atoms with Gasteiger partial charge in [0.1, 0.15) is 5.83 Å². The minimum atomic E-state index is -6.96. The lowest BCUT2D eigenvalue weighted by Gasteiger charge is -2.47. The normalized spacial score (nSPS) is 34.9. The van der Waals surface area contributed by atoms with Gasteiger partial charge >= 0.3 is 29.9 Å². The summed E-state index contributed by atoms with van der Waals surface area (Å²) in [5.41, 5.74) is -17.6. The maximum atomic E-state index is 14.9. The Balaban J connectivity index is 4.01.